The van der Waals surface area contributed by atoms with Gasteiger partial charge in [0, 0.05) is 6.20 Å². The molecule has 0 unspecified atom stereocenters. The van der Waals surface area contributed by atoms with E-state index >= 15 is 0 Å². The molecule has 2 heterocycles. The van der Waals surface area contributed by atoms with Gasteiger partial charge in [-0.15, -0.1) is 0 Å². The van der Waals surface area contributed by atoms with E-state index in [-0.39, 0.29) is 11.9 Å². The van der Waals surface area contributed by atoms with Gasteiger partial charge in [-0.25, -0.2) is 5.10 Å². The minimum absolute atomic E-state index is 0.200. The molecule has 8 nitrogen and oxygen atoms in total. The predicted molar refractivity (Wildman–Crippen MR) is 40.7 cm³/mol. The summed E-state index contributed by atoms with van der Waals surface area (Å²) >= 11 is 0. The predicted octanol–water partition coefficient (Wildman–Crippen LogP) is -0.825. The fourth-order valence-corrected chi connectivity index (χ4v) is 0.767. The van der Waals surface area contributed by atoms with Crippen LogP contribution in [0, 0.1) is 0 Å². The number of carbonyl (C=O) groups excluding carboxylic acids is 1. The average molecular weight is 179 g/mol. The molecule has 0 saturated carbocycles. The molecular weight excluding hydrogens is 174 g/mol. The van der Waals surface area contributed by atoms with E-state index < -0.39 is 0 Å². The lowest BCUT2D eigenvalue weighted by Crippen LogP contribution is -2.12. The van der Waals surface area contributed by atoms with Crippen LogP contribution in [0.5, 0.6) is 0 Å². The molecular formula is C5H5N7O. The normalized spacial score (nSPS) is 9.85. The van der Waals surface area contributed by atoms with E-state index in [9.17, 15) is 4.79 Å². The second kappa shape index (κ2) is 3.01. The first-order valence-corrected chi connectivity index (χ1v) is 3.40. The molecule has 2 rings (SSSR count). The first-order chi connectivity index (χ1) is 6.36. The van der Waals surface area contributed by atoms with Crippen LogP contribution in [0.25, 0.3) is 0 Å². The molecule has 3 N–H and O–H groups in total. The fraction of sp³-hybridized carbons (Fsp3) is 0. The Bertz CT molecular complexity index is 377. The summed E-state index contributed by atoms with van der Waals surface area (Å²) < 4.78 is 0. The Labute approximate surface area is 71.7 Å². The zero-order valence-electron chi connectivity index (χ0n) is 6.35. The van der Waals surface area contributed by atoms with Crippen LogP contribution in [0.15, 0.2) is 12.4 Å². The topological polar surface area (TPSA) is 112 Å². The number of nitrogens with zero attached hydrogens (tertiary/aromatic N) is 4. The molecule has 0 aliphatic rings. The van der Waals surface area contributed by atoms with Crippen LogP contribution < -0.4 is 5.32 Å². The van der Waals surface area contributed by atoms with E-state index in [1.807, 2.05) is 0 Å². The number of tetrazole rings is 1. The molecule has 1 amide bonds. The molecule has 0 aromatic carbocycles. The van der Waals surface area contributed by atoms with Crippen molar-refractivity contribution < 1.29 is 4.79 Å². The highest BCUT2D eigenvalue weighted by molar-refractivity contribution is 6.02. The molecule has 0 aliphatic carbocycles. The van der Waals surface area contributed by atoms with Gasteiger partial charge < -0.3 is 0 Å². The van der Waals surface area contributed by atoms with Gasteiger partial charge in [-0.05, 0) is 10.4 Å². The third kappa shape index (κ3) is 1.50. The van der Waals surface area contributed by atoms with Crippen molar-refractivity contribution in [2.75, 3.05) is 5.32 Å². The van der Waals surface area contributed by atoms with Crippen molar-refractivity contribution in [1.82, 2.24) is 30.8 Å². The van der Waals surface area contributed by atoms with Crippen LogP contribution in [0.2, 0.25) is 0 Å². The Balaban J connectivity index is 2.08. The van der Waals surface area contributed by atoms with Gasteiger partial charge in [0.05, 0.1) is 11.8 Å². The SMILES string of the molecule is O=C(Nc1nnn[nH]1)c1cn[nH]c1. The summed E-state index contributed by atoms with van der Waals surface area (Å²) in [6.45, 7) is 0. The van der Waals surface area contributed by atoms with E-state index in [1.165, 1.54) is 12.4 Å². The molecule has 0 fully saturated rings. The number of amides is 1. The van der Waals surface area contributed by atoms with Crippen LogP contribution in [-0.2, 0) is 0 Å². The maximum atomic E-state index is 11.3. The van der Waals surface area contributed by atoms with Gasteiger partial charge in [0.2, 0.25) is 5.95 Å². The third-order valence-corrected chi connectivity index (χ3v) is 1.34. The lowest BCUT2D eigenvalue weighted by Gasteiger charge is -1.94. The molecule has 2 aromatic rings. The maximum absolute atomic E-state index is 11.3. The minimum Gasteiger partial charge on any atom is -0.289 e. The molecule has 0 radical (unpaired) electrons. The number of anilines is 1. The molecule has 0 spiro atoms. The zero-order chi connectivity index (χ0) is 9.10. The van der Waals surface area contributed by atoms with Crippen molar-refractivity contribution in [3.05, 3.63) is 18.0 Å². The van der Waals surface area contributed by atoms with Gasteiger partial charge in [-0.2, -0.15) is 5.10 Å². The Morgan fingerprint density at radius 3 is 3.08 bits per heavy atom. The monoisotopic (exact) mass is 179 g/mol. The molecule has 66 valence electrons. The lowest BCUT2D eigenvalue weighted by atomic mass is 10.3. The van der Waals surface area contributed by atoms with Crippen LogP contribution in [0.4, 0.5) is 5.95 Å². The number of hydrogen-bond acceptors (Lipinski definition) is 5. The van der Waals surface area contributed by atoms with E-state index in [4.69, 9.17) is 0 Å². The number of aromatic nitrogens is 6. The molecule has 8 heteroatoms. The largest absolute Gasteiger partial charge is 0.289 e. The van der Waals surface area contributed by atoms with Crippen molar-refractivity contribution in [2.24, 2.45) is 0 Å². The number of carbonyl (C=O) groups is 1. The van der Waals surface area contributed by atoms with Crippen molar-refractivity contribution >= 4 is 11.9 Å². The Kier molecular flexibility index (Phi) is 1.71. The van der Waals surface area contributed by atoms with Crippen molar-refractivity contribution in [2.45, 2.75) is 0 Å². The number of hydrogen-bond donors (Lipinski definition) is 3. The summed E-state index contributed by atoms with van der Waals surface area (Å²) in [7, 11) is 0. The molecule has 0 aliphatic heterocycles. The van der Waals surface area contributed by atoms with Crippen LogP contribution >= 0.6 is 0 Å². The molecule has 0 atom stereocenters. The number of nitrogens with one attached hydrogen (secondary N) is 3. The number of aromatic amines is 2. The molecule has 13 heavy (non-hydrogen) atoms. The summed E-state index contributed by atoms with van der Waals surface area (Å²) in [5.74, 6) is -0.126. The number of rotatable bonds is 2. The fourth-order valence-electron chi connectivity index (χ4n) is 0.767. The highest BCUT2D eigenvalue weighted by atomic mass is 16.1. The van der Waals surface area contributed by atoms with E-state index in [0.717, 1.165) is 0 Å². The van der Waals surface area contributed by atoms with Crippen molar-refractivity contribution in [3.8, 4) is 0 Å². The van der Waals surface area contributed by atoms with E-state index in [0.29, 0.717) is 5.56 Å². The molecule has 2 aromatic heterocycles. The first-order valence-electron chi connectivity index (χ1n) is 3.40. The van der Waals surface area contributed by atoms with Crippen molar-refractivity contribution in [1.29, 1.82) is 0 Å². The van der Waals surface area contributed by atoms with Gasteiger partial charge in [0.15, 0.2) is 0 Å². The first kappa shape index (κ1) is 7.40. The quantitative estimate of drug-likeness (QED) is 0.557. The smallest absolute Gasteiger partial charge is 0.261 e. The summed E-state index contributed by atoms with van der Waals surface area (Å²) in [6.07, 6.45) is 2.87. The van der Waals surface area contributed by atoms with Gasteiger partial charge >= 0.3 is 0 Å². The Hall–Kier alpha value is -2.25. The average Bonchev–Trinajstić information content (AvgIpc) is 2.74. The summed E-state index contributed by atoms with van der Waals surface area (Å²) in [6, 6.07) is 0. The standard InChI is InChI=1S/C5H5N7O/c13-4(3-1-6-7-2-3)8-5-9-11-12-10-5/h1-2H,(H,6,7)(H2,8,9,10,11,12,13). The summed E-state index contributed by atoms with van der Waals surface area (Å²) in [5, 5.41) is 21.1. The second-order valence-corrected chi connectivity index (χ2v) is 2.19. The van der Waals surface area contributed by atoms with E-state index in [2.05, 4.69) is 36.1 Å². The van der Waals surface area contributed by atoms with E-state index in [1.54, 1.807) is 0 Å². The highest BCUT2D eigenvalue weighted by Crippen LogP contribution is 1.98. The van der Waals surface area contributed by atoms with Gasteiger partial charge in [-0.3, -0.25) is 15.2 Å². The van der Waals surface area contributed by atoms with Crippen LogP contribution in [-0.4, -0.2) is 36.7 Å². The molecule has 0 bridgehead atoms. The van der Waals surface area contributed by atoms with Gasteiger partial charge in [0.25, 0.3) is 5.91 Å². The maximum Gasteiger partial charge on any atom is 0.261 e. The van der Waals surface area contributed by atoms with Gasteiger partial charge in [-0.1, -0.05) is 5.10 Å². The summed E-state index contributed by atoms with van der Waals surface area (Å²) in [5.41, 5.74) is 0.413. The Morgan fingerprint density at radius 2 is 2.46 bits per heavy atom. The zero-order valence-corrected chi connectivity index (χ0v) is 6.35. The number of H-pyrrole nitrogens is 2. The third-order valence-electron chi connectivity index (χ3n) is 1.34. The van der Waals surface area contributed by atoms with Gasteiger partial charge in [0.1, 0.15) is 0 Å². The lowest BCUT2D eigenvalue weighted by molar-refractivity contribution is 0.102. The highest BCUT2D eigenvalue weighted by Gasteiger charge is 2.07. The Morgan fingerprint density at radius 1 is 1.54 bits per heavy atom. The second-order valence-electron chi connectivity index (χ2n) is 2.19. The van der Waals surface area contributed by atoms with Crippen LogP contribution in [0.1, 0.15) is 10.4 Å². The minimum atomic E-state index is -0.327. The van der Waals surface area contributed by atoms with Crippen molar-refractivity contribution in [3.63, 3.8) is 0 Å². The molecule has 0 saturated heterocycles. The summed E-state index contributed by atoms with van der Waals surface area (Å²) in [4.78, 5) is 11.3. The van der Waals surface area contributed by atoms with Crippen LogP contribution in [0.3, 0.4) is 0 Å².